The number of halogens is 3. The van der Waals surface area contributed by atoms with Crippen LogP contribution in [0.5, 0.6) is 0 Å². The highest BCUT2D eigenvalue weighted by atomic mass is 19.4. The summed E-state index contributed by atoms with van der Waals surface area (Å²) in [5, 5.41) is 2.89. The molecule has 1 rings (SSSR count). The number of alkyl halides is 3. The molecule has 3 nitrogen and oxygen atoms in total. The molecule has 0 amide bonds. The van der Waals surface area contributed by atoms with Gasteiger partial charge in [-0.1, -0.05) is 0 Å². The standard InChI is InChI=1S/C8H10F3N3/c1-5(2)14-6-3-12-7(13-4-6)8(9,10)11/h3-5,14H,1-2H3. The first-order valence-electron chi connectivity index (χ1n) is 4.05. The summed E-state index contributed by atoms with van der Waals surface area (Å²) in [4.78, 5) is 6.41. The van der Waals surface area contributed by atoms with Crippen LogP contribution in [0.25, 0.3) is 0 Å². The molecule has 14 heavy (non-hydrogen) atoms. The summed E-state index contributed by atoms with van der Waals surface area (Å²) in [6.45, 7) is 3.75. The van der Waals surface area contributed by atoms with E-state index in [4.69, 9.17) is 0 Å². The van der Waals surface area contributed by atoms with Crippen molar-refractivity contribution in [2.45, 2.75) is 26.1 Å². The summed E-state index contributed by atoms with van der Waals surface area (Å²) in [5.41, 5.74) is 0.480. The van der Waals surface area contributed by atoms with Gasteiger partial charge in [0.1, 0.15) is 0 Å². The zero-order valence-electron chi connectivity index (χ0n) is 7.76. The van der Waals surface area contributed by atoms with Gasteiger partial charge in [0, 0.05) is 6.04 Å². The fourth-order valence-corrected chi connectivity index (χ4v) is 0.882. The van der Waals surface area contributed by atoms with Crippen molar-refractivity contribution >= 4 is 5.69 Å². The molecular formula is C8H10F3N3. The Morgan fingerprint density at radius 2 is 1.71 bits per heavy atom. The van der Waals surface area contributed by atoms with E-state index in [1.165, 1.54) is 0 Å². The summed E-state index contributed by atoms with van der Waals surface area (Å²) >= 11 is 0. The predicted octanol–water partition coefficient (Wildman–Crippen LogP) is 2.32. The number of nitrogens with zero attached hydrogens (tertiary/aromatic N) is 2. The lowest BCUT2D eigenvalue weighted by molar-refractivity contribution is -0.144. The highest BCUT2D eigenvalue weighted by Gasteiger charge is 2.34. The maximum absolute atomic E-state index is 12.0. The largest absolute Gasteiger partial charge is 0.451 e. The van der Waals surface area contributed by atoms with Gasteiger partial charge in [0.25, 0.3) is 0 Å². The van der Waals surface area contributed by atoms with Crippen LogP contribution in [0, 0.1) is 0 Å². The Hall–Kier alpha value is -1.33. The monoisotopic (exact) mass is 205 g/mol. The Morgan fingerprint density at radius 1 is 1.21 bits per heavy atom. The molecule has 1 aromatic heterocycles. The van der Waals surface area contributed by atoms with Gasteiger partial charge >= 0.3 is 6.18 Å². The number of hydrogen-bond donors (Lipinski definition) is 1. The van der Waals surface area contributed by atoms with Crippen LogP contribution in [0.4, 0.5) is 18.9 Å². The number of hydrogen-bond acceptors (Lipinski definition) is 3. The van der Waals surface area contributed by atoms with E-state index in [1.807, 2.05) is 13.8 Å². The van der Waals surface area contributed by atoms with E-state index in [0.717, 1.165) is 12.4 Å². The van der Waals surface area contributed by atoms with Crippen LogP contribution in [0.1, 0.15) is 19.7 Å². The first-order valence-corrected chi connectivity index (χ1v) is 4.05. The normalized spacial score (nSPS) is 11.9. The van der Waals surface area contributed by atoms with Gasteiger partial charge in [-0.3, -0.25) is 0 Å². The number of anilines is 1. The molecule has 6 heteroatoms. The van der Waals surface area contributed by atoms with E-state index in [-0.39, 0.29) is 6.04 Å². The second-order valence-electron chi connectivity index (χ2n) is 3.09. The lowest BCUT2D eigenvalue weighted by Crippen LogP contribution is -2.13. The third-order valence-corrected chi connectivity index (χ3v) is 1.36. The summed E-state index contributed by atoms with van der Waals surface area (Å²) in [6, 6.07) is 0.135. The van der Waals surface area contributed by atoms with Crippen LogP contribution in [0.15, 0.2) is 12.4 Å². The average Bonchev–Trinajstić information content (AvgIpc) is 2.02. The molecule has 0 saturated carbocycles. The quantitative estimate of drug-likeness (QED) is 0.805. The van der Waals surface area contributed by atoms with Crippen molar-refractivity contribution in [2.75, 3.05) is 5.32 Å². The lowest BCUT2D eigenvalue weighted by Gasteiger charge is -2.09. The van der Waals surface area contributed by atoms with E-state index < -0.39 is 12.0 Å². The SMILES string of the molecule is CC(C)Nc1cnc(C(F)(F)F)nc1. The fourth-order valence-electron chi connectivity index (χ4n) is 0.882. The molecule has 0 unspecified atom stereocenters. The van der Waals surface area contributed by atoms with E-state index >= 15 is 0 Å². The molecule has 0 saturated heterocycles. The molecule has 0 radical (unpaired) electrons. The Labute approximate surface area is 79.4 Å². The zero-order valence-corrected chi connectivity index (χ0v) is 7.76. The molecule has 1 heterocycles. The zero-order chi connectivity index (χ0) is 10.8. The van der Waals surface area contributed by atoms with Crippen molar-refractivity contribution in [1.29, 1.82) is 0 Å². The van der Waals surface area contributed by atoms with E-state index in [2.05, 4.69) is 15.3 Å². The fraction of sp³-hybridized carbons (Fsp3) is 0.500. The molecule has 0 aliphatic heterocycles. The average molecular weight is 205 g/mol. The minimum atomic E-state index is -4.48. The van der Waals surface area contributed by atoms with Crippen LogP contribution in [-0.4, -0.2) is 16.0 Å². The summed E-state index contributed by atoms with van der Waals surface area (Å²) in [5.74, 6) is -1.12. The topological polar surface area (TPSA) is 37.8 Å². The van der Waals surface area contributed by atoms with E-state index in [0.29, 0.717) is 5.69 Å². The van der Waals surface area contributed by atoms with Crippen LogP contribution >= 0.6 is 0 Å². The Morgan fingerprint density at radius 3 is 2.07 bits per heavy atom. The third kappa shape index (κ3) is 2.86. The Kier molecular flexibility index (Phi) is 2.93. The lowest BCUT2D eigenvalue weighted by atomic mass is 10.4. The number of nitrogens with one attached hydrogen (secondary N) is 1. The first kappa shape index (κ1) is 10.7. The van der Waals surface area contributed by atoms with Gasteiger partial charge in [-0.15, -0.1) is 0 Å². The highest BCUT2D eigenvalue weighted by Crippen LogP contribution is 2.25. The molecule has 0 bridgehead atoms. The second kappa shape index (κ2) is 3.81. The summed E-state index contributed by atoms with van der Waals surface area (Å²) in [6.07, 6.45) is -2.23. The van der Waals surface area contributed by atoms with Crippen molar-refractivity contribution in [2.24, 2.45) is 0 Å². The van der Waals surface area contributed by atoms with Gasteiger partial charge in [0.2, 0.25) is 5.82 Å². The molecule has 0 atom stereocenters. The first-order chi connectivity index (χ1) is 6.39. The number of aromatic nitrogens is 2. The molecular weight excluding hydrogens is 195 g/mol. The van der Waals surface area contributed by atoms with Gasteiger partial charge in [-0.25, -0.2) is 9.97 Å². The third-order valence-electron chi connectivity index (χ3n) is 1.36. The summed E-state index contributed by atoms with van der Waals surface area (Å²) < 4.78 is 36.1. The molecule has 1 aromatic rings. The summed E-state index contributed by atoms with van der Waals surface area (Å²) in [7, 11) is 0. The molecule has 0 aliphatic carbocycles. The van der Waals surface area contributed by atoms with Crippen molar-refractivity contribution in [1.82, 2.24) is 9.97 Å². The Balaban J connectivity index is 2.79. The molecule has 1 N–H and O–H groups in total. The van der Waals surface area contributed by atoms with Gasteiger partial charge in [-0.05, 0) is 13.8 Å². The minimum absolute atomic E-state index is 0.135. The molecule has 0 aromatic carbocycles. The highest BCUT2D eigenvalue weighted by molar-refractivity contribution is 5.38. The van der Waals surface area contributed by atoms with Gasteiger partial charge in [0.15, 0.2) is 0 Å². The molecule has 0 fully saturated rings. The van der Waals surface area contributed by atoms with E-state index in [9.17, 15) is 13.2 Å². The van der Waals surface area contributed by atoms with Crippen molar-refractivity contribution in [3.05, 3.63) is 18.2 Å². The van der Waals surface area contributed by atoms with Crippen molar-refractivity contribution in [3.8, 4) is 0 Å². The van der Waals surface area contributed by atoms with Crippen LogP contribution < -0.4 is 5.32 Å². The van der Waals surface area contributed by atoms with Gasteiger partial charge < -0.3 is 5.32 Å². The molecule has 78 valence electrons. The molecule has 0 aliphatic rings. The predicted molar refractivity (Wildman–Crippen MR) is 45.8 cm³/mol. The maximum atomic E-state index is 12.0. The minimum Gasteiger partial charge on any atom is -0.380 e. The van der Waals surface area contributed by atoms with Crippen molar-refractivity contribution in [3.63, 3.8) is 0 Å². The number of rotatable bonds is 2. The van der Waals surface area contributed by atoms with E-state index in [1.54, 1.807) is 0 Å². The van der Waals surface area contributed by atoms with Crippen LogP contribution in [-0.2, 0) is 6.18 Å². The van der Waals surface area contributed by atoms with Crippen LogP contribution in [0.2, 0.25) is 0 Å². The van der Waals surface area contributed by atoms with Gasteiger partial charge in [-0.2, -0.15) is 13.2 Å². The Bertz CT molecular complexity index is 292. The maximum Gasteiger partial charge on any atom is 0.451 e. The smallest absolute Gasteiger partial charge is 0.380 e. The second-order valence-corrected chi connectivity index (χ2v) is 3.09. The van der Waals surface area contributed by atoms with Gasteiger partial charge in [0.05, 0.1) is 18.1 Å². The van der Waals surface area contributed by atoms with Crippen LogP contribution in [0.3, 0.4) is 0 Å². The molecule has 0 spiro atoms. The van der Waals surface area contributed by atoms with Crippen molar-refractivity contribution < 1.29 is 13.2 Å².